The molecule has 3 aromatic rings. The summed E-state index contributed by atoms with van der Waals surface area (Å²) in [6.45, 7) is 1.90. The van der Waals surface area contributed by atoms with Crippen molar-refractivity contribution in [3.63, 3.8) is 0 Å². The summed E-state index contributed by atoms with van der Waals surface area (Å²) in [6.07, 6.45) is 0. The fourth-order valence-electron chi connectivity index (χ4n) is 2.36. The predicted octanol–water partition coefficient (Wildman–Crippen LogP) is 3.53. The molecule has 0 aliphatic rings. The maximum atomic E-state index is 12.4. The standard InChI is InChI=1S/C17H14N2O5S/c1-9-5-3-4-6-11(9)19(2)17(23)18-14-8-12-13(25-14)7-10(15(20)21)16(22)24-12/h3-8H,1-2H3,(H,18,23)(H,20,21). The quantitative estimate of drug-likeness (QED) is 0.746. The Morgan fingerprint density at radius 2 is 1.96 bits per heavy atom. The van der Waals surface area contributed by atoms with E-state index in [1.807, 2.05) is 31.2 Å². The number of anilines is 2. The fourth-order valence-corrected chi connectivity index (χ4v) is 3.28. The number of nitrogens with one attached hydrogen (secondary N) is 1. The number of hydrogen-bond donors (Lipinski definition) is 2. The average Bonchev–Trinajstić information content (AvgIpc) is 2.94. The normalized spacial score (nSPS) is 10.6. The summed E-state index contributed by atoms with van der Waals surface area (Å²) >= 11 is 1.13. The minimum atomic E-state index is -1.35. The van der Waals surface area contributed by atoms with Crippen LogP contribution in [-0.4, -0.2) is 24.2 Å². The molecular formula is C17H14N2O5S. The minimum absolute atomic E-state index is 0.230. The van der Waals surface area contributed by atoms with Crippen molar-refractivity contribution in [3.8, 4) is 0 Å². The minimum Gasteiger partial charge on any atom is -0.477 e. The Morgan fingerprint density at radius 1 is 1.24 bits per heavy atom. The molecule has 0 spiro atoms. The van der Waals surface area contributed by atoms with Gasteiger partial charge in [-0.05, 0) is 24.6 Å². The first kappa shape index (κ1) is 16.7. The second-order valence-electron chi connectivity index (χ2n) is 5.37. The van der Waals surface area contributed by atoms with E-state index in [1.54, 1.807) is 7.05 Å². The second-order valence-corrected chi connectivity index (χ2v) is 6.45. The first-order valence-electron chi connectivity index (χ1n) is 7.28. The molecule has 0 unspecified atom stereocenters. The molecule has 1 aromatic carbocycles. The molecule has 2 heterocycles. The number of hydrogen-bond acceptors (Lipinski definition) is 5. The van der Waals surface area contributed by atoms with Gasteiger partial charge in [-0.15, -0.1) is 11.3 Å². The molecule has 7 nitrogen and oxygen atoms in total. The smallest absolute Gasteiger partial charge is 0.351 e. The lowest BCUT2D eigenvalue weighted by molar-refractivity contribution is 0.0692. The van der Waals surface area contributed by atoms with Crippen molar-refractivity contribution in [3.05, 3.63) is 57.9 Å². The highest BCUT2D eigenvalue weighted by atomic mass is 32.1. The lowest BCUT2D eigenvalue weighted by Crippen LogP contribution is -2.31. The molecule has 128 valence electrons. The molecule has 0 radical (unpaired) electrons. The van der Waals surface area contributed by atoms with E-state index in [0.29, 0.717) is 9.70 Å². The Kier molecular flexibility index (Phi) is 4.28. The number of carbonyl (C=O) groups is 2. The number of aryl methyl sites for hydroxylation is 1. The van der Waals surface area contributed by atoms with Gasteiger partial charge in [0.05, 0.1) is 4.70 Å². The van der Waals surface area contributed by atoms with Gasteiger partial charge in [0.1, 0.15) is 10.6 Å². The number of urea groups is 1. The molecule has 2 N–H and O–H groups in total. The van der Waals surface area contributed by atoms with Crippen LogP contribution in [0, 0.1) is 6.92 Å². The first-order chi connectivity index (χ1) is 11.9. The van der Waals surface area contributed by atoms with E-state index in [2.05, 4.69) is 5.32 Å². The SMILES string of the molecule is Cc1ccccc1N(C)C(=O)Nc1cc2oc(=O)c(C(=O)O)cc2s1. The van der Waals surface area contributed by atoms with Gasteiger partial charge in [-0.1, -0.05) is 18.2 Å². The van der Waals surface area contributed by atoms with Crippen LogP contribution >= 0.6 is 11.3 Å². The third kappa shape index (κ3) is 3.24. The monoisotopic (exact) mass is 358 g/mol. The van der Waals surface area contributed by atoms with Crippen LogP contribution in [0.2, 0.25) is 0 Å². The summed E-state index contributed by atoms with van der Waals surface area (Å²) in [5.74, 6) is -1.35. The van der Waals surface area contributed by atoms with Crippen LogP contribution in [0.15, 0.2) is 45.6 Å². The number of aromatic carboxylic acids is 1. The van der Waals surface area contributed by atoms with E-state index >= 15 is 0 Å². The Morgan fingerprint density at radius 3 is 2.64 bits per heavy atom. The van der Waals surface area contributed by atoms with Gasteiger partial charge in [0.25, 0.3) is 0 Å². The summed E-state index contributed by atoms with van der Waals surface area (Å²) in [5, 5.41) is 12.1. The maximum absolute atomic E-state index is 12.4. The molecule has 3 rings (SSSR count). The van der Waals surface area contributed by atoms with Crippen molar-refractivity contribution in [1.82, 2.24) is 0 Å². The highest BCUT2D eigenvalue weighted by Crippen LogP contribution is 2.30. The number of fused-ring (bicyclic) bond motifs is 1. The Hall–Kier alpha value is -3.13. The van der Waals surface area contributed by atoms with E-state index in [-0.39, 0.29) is 11.6 Å². The Labute approximate surface area is 146 Å². The number of amides is 2. The number of thiophene rings is 1. The molecule has 25 heavy (non-hydrogen) atoms. The van der Waals surface area contributed by atoms with Crippen molar-refractivity contribution in [1.29, 1.82) is 0 Å². The van der Waals surface area contributed by atoms with Crippen LogP contribution in [0.1, 0.15) is 15.9 Å². The van der Waals surface area contributed by atoms with Crippen LogP contribution in [0.5, 0.6) is 0 Å². The zero-order valence-electron chi connectivity index (χ0n) is 13.4. The highest BCUT2D eigenvalue weighted by molar-refractivity contribution is 7.22. The number of nitrogens with zero attached hydrogens (tertiary/aromatic N) is 1. The number of carboxylic acid groups (broad SMARTS) is 1. The average molecular weight is 358 g/mol. The molecule has 0 atom stereocenters. The zero-order chi connectivity index (χ0) is 18.1. The lowest BCUT2D eigenvalue weighted by atomic mass is 10.2. The predicted molar refractivity (Wildman–Crippen MR) is 95.9 cm³/mol. The molecular weight excluding hydrogens is 344 g/mol. The topological polar surface area (TPSA) is 99.9 Å². The van der Waals surface area contributed by atoms with Crippen molar-refractivity contribution in [2.75, 3.05) is 17.3 Å². The van der Waals surface area contributed by atoms with Crippen molar-refractivity contribution in [2.45, 2.75) is 6.92 Å². The van der Waals surface area contributed by atoms with Gasteiger partial charge in [0, 0.05) is 18.8 Å². The Balaban J connectivity index is 1.88. The van der Waals surface area contributed by atoms with E-state index < -0.39 is 17.2 Å². The van der Waals surface area contributed by atoms with Crippen LogP contribution in [-0.2, 0) is 0 Å². The van der Waals surface area contributed by atoms with Crippen LogP contribution in [0.3, 0.4) is 0 Å². The van der Waals surface area contributed by atoms with Gasteiger partial charge in [0.2, 0.25) is 0 Å². The summed E-state index contributed by atoms with van der Waals surface area (Å²) in [7, 11) is 1.65. The van der Waals surface area contributed by atoms with Crippen LogP contribution in [0.25, 0.3) is 10.3 Å². The molecule has 0 bridgehead atoms. The van der Waals surface area contributed by atoms with Gasteiger partial charge >= 0.3 is 17.6 Å². The van der Waals surface area contributed by atoms with Gasteiger partial charge < -0.3 is 9.52 Å². The van der Waals surface area contributed by atoms with Gasteiger partial charge in [0.15, 0.2) is 5.58 Å². The Bertz CT molecular complexity index is 1040. The summed E-state index contributed by atoms with van der Waals surface area (Å²) < 4.78 is 5.45. The highest BCUT2D eigenvalue weighted by Gasteiger charge is 2.17. The molecule has 0 aliphatic carbocycles. The van der Waals surface area contributed by atoms with Gasteiger partial charge in [-0.25, -0.2) is 14.4 Å². The largest absolute Gasteiger partial charge is 0.477 e. The molecule has 0 aliphatic heterocycles. The number of carbonyl (C=O) groups excluding carboxylic acids is 1. The second kappa shape index (κ2) is 6.40. The number of benzene rings is 1. The molecule has 0 saturated heterocycles. The fraction of sp³-hybridized carbons (Fsp3) is 0.118. The van der Waals surface area contributed by atoms with Crippen molar-refractivity contribution >= 4 is 44.3 Å². The first-order valence-corrected chi connectivity index (χ1v) is 8.10. The lowest BCUT2D eigenvalue weighted by Gasteiger charge is -2.19. The van der Waals surface area contributed by atoms with E-state index in [9.17, 15) is 14.4 Å². The number of carboxylic acids is 1. The number of para-hydroxylation sites is 1. The van der Waals surface area contributed by atoms with Crippen molar-refractivity contribution < 1.29 is 19.1 Å². The van der Waals surface area contributed by atoms with Gasteiger partial charge in [-0.3, -0.25) is 10.2 Å². The molecule has 2 amide bonds. The maximum Gasteiger partial charge on any atom is 0.351 e. The number of rotatable bonds is 3. The van der Waals surface area contributed by atoms with Crippen molar-refractivity contribution in [2.24, 2.45) is 0 Å². The zero-order valence-corrected chi connectivity index (χ0v) is 14.2. The molecule has 8 heteroatoms. The van der Waals surface area contributed by atoms with Crippen LogP contribution in [0.4, 0.5) is 15.5 Å². The molecule has 2 aromatic heterocycles. The van der Waals surface area contributed by atoms with E-state index in [1.165, 1.54) is 17.0 Å². The van der Waals surface area contributed by atoms with Gasteiger partial charge in [-0.2, -0.15) is 0 Å². The van der Waals surface area contributed by atoms with Crippen LogP contribution < -0.4 is 15.8 Å². The van der Waals surface area contributed by atoms with E-state index in [0.717, 1.165) is 22.6 Å². The summed E-state index contributed by atoms with van der Waals surface area (Å²) in [6, 6.07) is 9.85. The molecule has 0 fully saturated rings. The third-order valence-electron chi connectivity index (χ3n) is 3.66. The summed E-state index contributed by atoms with van der Waals surface area (Å²) in [5.41, 5.74) is 0.584. The third-order valence-corrected chi connectivity index (χ3v) is 4.64. The molecule has 0 saturated carbocycles. The van der Waals surface area contributed by atoms with E-state index in [4.69, 9.17) is 9.52 Å². The summed E-state index contributed by atoms with van der Waals surface area (Å²) in [4.78, 5) is 36.5.